The van der Waals surface area contributed by atoms with Gasteiger partial charge in [-0.05, 0) is 30.9 Å². The number of phosphoric acid groups is 1. The van der Waals surface area contributed by atoms with E-state index in [2.05, 4.69) is 14.9 Å². The minimum atomic E-state index is -4.90. The Labute approximate surface area is 170 Å². The molecule has 0 saturated heterocycles. The van der Waals surface area contributed by atoms with E-state index < -0.39 is 24.5 Å². The quantitative estimate of drug-likeness (QED) is 0.292. The zero-order valence-electron chi connectivity index (χ0n) is 16.6. The molecule has 0 fully saturated rings. The van der Waals surface area contributed by atoms with E-state index >= 15 is 0 Å². The molecule has 0 aliphatic rings. The molecule has 13 nitrogen and oxygen atoms in total. The van der Waals surface area contributed by atoms with Gasteiger partial charge in [0.25, 0.3) is 5.91 Å². The first kappa shape index (κ1) is 23.1. The third kappa shape index (κ3) is 5.69. The fourth-order valence-corrected chi connectivity index (χ4v) is 2.94. The Morgan fingerprint density at radius 3 is 2.27 bits per heavy atom. The number of hydrogen-bond acceptors (Lipinski definition) is 8. The maximum atomic E-state index is 12.1. The molecule has 1 heterocycles. The van der Waals surface area contributed by atoms with Gasteiger partial charge in [-0.1, -0.05) is 5.10 Å². The number of nitrogens with one attached hydrogen (secondary N) is 1. The number of methoxy groups -OCH3 is 2. The number of ether oxygens (including phenoxy) is 2. The molecule has 0 radical (unpaired) electrons. The van der Waals surface area contributed by atoms with Crippen molar-refractivity contribution >= 4 is 19.5 Å². The van der Waals surface area contributed by atoms with E-state index in [9.17, 15) is 19.5 Å². The molecule has 1 amide bonds. The van der Waals surface area contributed by atoms with Crippen molar-refractivity contribution < 1.29 is 38.1 Å². The van der Waals surface area contributed by atoms with Crippen molar-refractivity contribution in [1.82, 2.24) is 15.1 Å². The molecule has 164 valence electrons. The van der Waals surface area contributed by atoms with Crippen LogP contribution in [0.15, 0.2) is 18.2 Å². The van der Waals surface area contributed by atoms with E-state index in [1.54, 1.807) is 13.8 Å². The molecule has 1 aromatic carbocycles. The summed E-state index contributed by atoms with van der Waals surface area (Å²) in [5.41, 5.74) is 0.250. The maximum Gasteiger partial charge on any atom is 0.525 e. The second-order valence-electron chi connectivity index (χ2n) is 6.34. The van der Waals surface area contributed by atoms with Crippen LogP contribution in [-0.4, -0.2) is 50.7 Å². The molecule has 2 aromatic rings. The van der Waals surface area contributed by atoms with E-state index in [1.807, 2.05) is 0 Å². The van der Waals surface area contributed by atoms with Gasteiger partial charge in [0.15, 0.2) is 17.2 Å². The molecule has 0 aliphatic carbocycles. The summed E-state index contributed by atoms with van der Waals surface area (Å²) >= 11 is 0. The molecule has 0 saturated carbocycles. The van der Waals surface area contributed by atoms with Gasteiger partial charge in [-0.25, -0.2) is 4.57 Å². The van der Waals surface area contributed by atoms with Crippen LogP contribution < -0.4 is 19.3 Å². The Bertz CT molecular complexity index is 974. The summed E-state index contributed by atoms with van der Waals surface area (Å²) in [6, 6.07) is 3.58. The van der Waals surface area contributed by atoms with Crippen molar-refractivity contribution in [2.24, 2.45) is 0 Å². The van der Waals surface area contributed by atoms with Crippen molar-refractivity contribution in [3.05, 3.63) is 39.6 Å². The van der Waals surface area contributed by atoms with Crippen molar-refractivity contribution in [2.75, 3.05) is 14.2 Å². The van der Waals surface area contributed by atoms with Crippen LogP contribution in [0.3, 0.4) is 0 Å². The lowest BCUT2D eigenvalue weighted by Crippen LogP contribution is -2.30. The number of phosphoric ester groups is 1. The summed E-state index contributed by atoms with van der Waals surface area (Å²) in [6.07, 6.45) is 0. The van der Waals surface area contributed by atoms with Gasteiger partial charge in [0.2, 0.25) is 5.75 Å². The van der Waals surface area contributed by atoms with Gasteiger partial charge in [0.1, 0.15) is 6.54 Å². The SMILES string of the molecule is COc1cc(Cn2nc(C(=O)NC(C)C)cc2[N+](=O)[O-])cc(OC)c1OP(=O)(O)O. The van der Waals surface area contributed by atoms with Crippen LogP contribution in [0, 0.1) is 10.1 Å². The van der Waals surface area contributed by atoms with Crippen LogP contribution in [0.4, 0.5) is 5.82 Å². The van der Waals surface area contributed by atoms with Crippen LogP contribution in [-0.2, 0) is 11.1 Å². The molecule has 0 bridgehead atoms. The normalized spacial score (nSPS) is 11.3. The highest BCUT2D eigenvalue weighted by Gasteiger charge is 2.26. The number of nitrogens with zero attached hydrogens (tertiary/aromatic N) is 3. The van der Waals surface area contributed by atoms with E-state index in [-0.39, 0.29) is 35.5 Å². The molecule has 0 unspecified atom stereocenters. The van der Waals surface area contributed by atoms with Crippen LogP contribution in [0.1, 0.15) is 29.9 Å². The number of carbonyl (C=O) groups excluding carboxylic acids is 1. The largest absolute Gasteiger partial charge is 0.525 e. The number of benzene rings is 1. The maximum absolute atomic E-state index is 12.1. The van der Waals surface area contributed by atoms with Crippen molar-refractivity contribution in [3.63, 3.8) is 0 Å². The highest BCUT2D eigenvalue weighted by molar-refractivity contribution is 7.46. The summed E-state index contributed by atoms with van der Waals surface area (Å²) in [4.78, 5) is 41.0. The summed E-state index contributed by atoms with van der Waals surface area (Å²) in [7, 11) is -2.41. The zero-order valence-corrected chi connectivity index (χ0v) is 17.5. The van der Waals surface area contributed by atoms with E-state index in [4.69, 9.17) is 19.3 Å². The van der Waals surface area contributed by atoms with Crippen LogP contribution in [0.2, 0.25) is 0 Å². The molecule has 14 heteroatoms. The Hall–Kier alpha value is -3.15. The fraction of sp³-hybridized carbons (Fsp3) is 0.375. The summed E-state index contributed by atoms with van der Waals surface area (Å²) in [6.45, 7) is 3.32. The van der Waals surface area contributed by atoms with Crippen LogP contribution in [0.25, 0.3) is 0 Å². The smallest absolute Gasteiger partial charge is 0.493 e. The molecule has 1 aromatic heterocycles. The third-order valence-corrected chi connectivity index (χ3v) is 4.08. The summed E-state index contributed by atoms with van der Waals surface area (Å²) in [5.74, 6) is -1.45. The highest BCUT2D eigenvalue weighted by Crippen LogP contribution is 2.47. The number of hydrogen-bond donors (Lipinski definition) is 3. The van der Waals surface area contributed by atoms with Crippen molar-refractivity contribution in [1.29, 1.82) is 0 Å². The zero-order chi connectivity index (χ0) is 22.6. The van der Waals surface area contributed by atoms with Gasteiger partial charge >= 0.3 is 13.6 Å². The number of aromatic nitrogens is 2. The van der Waals surface area contributed by atoms with Gasteiger partial charge in [-0.15, -0.1) is 4.68 Å². The van der Waals surface area contributed by atoms with Gasteiger partial charge < -0.3 is 29.4 Å². The molecule has 30 heavy (non-hydrogen) atoms. The van der Waals surface area contributed by atoms with E-state index in [1.165, 1.54) is 26.4 Å². The predicted octanol–water partition coefficient (Wildman–Crippen LogP) is 1.47. The molecule has 0 atom stereocenters. The third-order valence-electron chi connectivity index (χ3n) is 3.66. The number of carbonyl (C=O) groups is 1. The second-order valence-corrected chi connectivity index (χ2v) is 7.51. The van der Waals surface area contributed by atoms with E-state index in [0.29, 0.717) is 5.56 Å². The monoisotopic (exact) mass is 444 g/mol. The molecule has 3 N–H and O–H groups in total. The summed E-state index contributed by atoms with van der Waals surface area (Å²) in [5, 5.41) is 18.0. The topological polar surface area (TPSA) is 175 Å². The first-order valence-electron chi connectivity index (χ1n) is 8.48. The molecule has 0 spiro atoms. The Morgan fingerprint density at radius 1 is 1.27 bits per heavy atom. The highest BCUT2D eigenvalue weighted by atomic mass is 31.2. The minimum Gasteiger partial charge on any atom is -0.493 e. The van der Waals surface area contributed by atoms with Gasteiger partial charge in [0.05, 0.1) is 20.3 Å². The molecule has 2 rings (SSSR count). The molecule has 0 aliphatic heterocycles. The predicted molar refractivity (Wildman–Crippen MR) is 103 cm³/mol. The molecular weight excluding hydrogens is 423 g/mol. The standard InChI is InChI=1S/C16H21N4O9P/c1-9(2)17-16(21)11-7-14(20(22)23)19(18-11)8-10-5-12(27-3)15(13(6-10)28-4)29-30(24,25)26/h5-7,9H,8H2,1-4H3,(H,17,21)(H2,24,25,26). The Kier molecular flexibility index (Phi) is 7.03. The van der Waals surface area contributed by atoms with Crippen molar-refractivity contribution in [2.45, 2.75) is 26.4 Å². The lowest BCUT2D eigenvalue weighted by atomic mass is 10.2. The number of amides is 1. The number of nitro groups is 1. The minimum absolute atomic E-state index is 0.0692. The second kappa shape index (κ2) is 9.11. The van der Waals surface area contributed by atoms with Crippen LogP contribution in [0.5, 0.6) is 17.2 Å². The van der Waals surface area contributed by atoms with Crippen molar-refractivity contribution in [3.8, 4) is 17.2 Å². The van der Waals surface area contributed by atoms with Gasteiger partial charge in [-0.2, -0.15) is 0 Å². The van der Waals surface area contributed by atoms with Crippen LogP contribution >= 0.6 is 7.82 Å². The number of rotatable bonds is 9. The van der Waals surface area contributed by atoms with Gasteiger partial charge in [0, 0.05) is 11.6 Å². The average molecular weight is 444 g/mol. The molecular formula is C16H21N4O9P. The Balaban J connectivity index is 2.46. The first-order chi connectivity index (χ1) is 13.9. The average Bonchev–Trinajstić information content (AvgIpc) is 3.05. The lowest BCUT2D eigenvalue weighted by molar-refractivity contribution is -0.392. The lowest BCUT2D eigenvalue weighted by Gasteiger charge is -2.15. The fourth-order valence-electron chi connectivity index (χ4n) is 2.52. The van der Waals surface area contributed by atoms with E-state index in [0.717, 1.165) is 10.7 Å². The summed E-state index contributed by atoms with van der Waals surface area (Å²) < 4.78 is 27.0. The Morgan fingerprint density at radius 2 is 1.83 bits per heavy atom. The first-order valence-corrected chi connectivity index (χ1v) is 10.0. The van der Waals surface area contributed by atoms with Gasteiger partial charge in [-0.3, -0.25) is 14.6 Å².